The molecule has 0 bridgehead atoms. The summed E-state index contributed by atoms with van der Waals surface area (Å²) in [6, 6.07) is 2.11. The van der Waals surface area contributed by atoms with Crippen LogP contribution >= 0.6 is 23.1 Å². The summed E-state index contributed by atoms with van der Waals surface area (Å²) in [7, 11) is 0. The van der Waals surface area contributed by atoms with Crippen LogP contribution in [0.2, 0.25) is 0 Å². The van der Waals surface area contributed by atoms with Crippen molar-refractivity contribution in [2.45, 2.75) is 44.3 Å². The molecular formula is C15H22O2S2. The zero-order chi connectivity index (χ0) is 13.3. The molecule has 2 aliphatic rings. The van der Waals surface area contributed by atoms with Crippen molar-refractivity contribution in [2.75, 3.05) is 18.1 Å². The topological polar surface area (TPSA) is 29.5 Å². The molecule has 1 N–H and O–H groups in total. The van der Waals surface area contributed by atoms with E-state index in [0.717, 1.165) is 37.2 Å². The summed E-state index contributed by atoms with van der Waals surface area (Å²) in [5.41, 5.74) is 1.30. The van der Waals surface area contributed by atoms with Gasteiger partial charge in [-0.3, -0.25) is 0 Å². The monoisotopic (exact) mass is 298 g/mol. The molecule has 2 saturated heterocycles. The number of aliphatic hydroxyl groups excluding tert-OH is 1. The molecule has 2 atom stereocenters. The number of thioether (sulfide) groups is 1. The first-order chi connectivity index (χ1) is 9.20. The van der Waals surface area contributed by atoms with Crippen molar-refractivity contribution in [1.29, 1.82) is 0 Å². The van der Waals surface area contributed by atoms with Gasteiger partial charge in [-0.2, -0.15) is 11.8 Å². The molecular weight excluding hydrogens is 276 g/mol. The molecule has 0 radical (unpaired) electrons. The normalized spacial score (nSPS) is 28.4. The zero-order valence-corrected chi connectivity index (χ0v) is 13.1. The Morgan fingerprint density at radius 1 is 1.42 bits per heavy atom. The molecule has 0 saturated carbocycles. The van der Waals surface area contributed by atoms with Gasteiger partial charge in [0.05, 0.1) is 11.7 Å². The van der Waals surface area contributed by atoms with Crippen molar-refractivity contribution in [3.63, 3.8) is 0 Å². The van der Waals surface area contributed by atoms with Crippen LogP contribution in [0.15, 0.2) is 11.4 Å². The zero-order valence-electron chi connectivity index (χ0n) is 11.4. The first-order valence-electron chi connectivity index (χ1n) is 7.14. The minimum Gasteiger partial charge on any atom is -0.387 e. The molecule has 0 aliphatic carbocycles. The number of thiophene rings is 1. The van der Waals surface area contributed by atoms with Gasteiger partial charge in [-0.05, 0) is 67.0 Å². The molecule has 2 fully saturated rings. The summed E-state index contributed by atoms with van der Waals surface area (Å²) in [4.78, 5) is 1.16. The van der Waals surface area contributed by atoms with Gasteiger partial charge in [0.15, 0.2) is 0 Å². The molecule has 0 aromatic carbocycles. The van der Waals surface area contributed by atoms with Crippen LogP contribution in [-0.2, 0) is 4.74 Å². The SMILES string of the molecule is Cc1ccsc1C(O)C1CCOC2(CCSCC2)C1. The van der Waals surface area contributed by atoms with Gasteiger partial charge in [0.25, 0.3) is 0 Å². The number of ether oxygens (including phenoxy) is 1. The van der Waals surface area contributed by atoms with Gasteiger partial charge in [-0.25, -0.2) is 0 Å². The van der Waals surface area contributed by atoms with Crippen LogP contribution in [0, 0.1) is 12.8 Å². The van der Waals surface area contributed by atoms with Crippen LogP contribution in [-0.4, -0.2) is 28.8 Å². The molecule has 2 unspecified atom stereocenters. The summed E-state index contributed by atoms with van der Waals surface area (Å²) in [5, 5.41) is 12.8. The van der Waals surface area contributed by atoms with Crippen LogP contribution in [0.3, 0.4) is 0 Å². The summed E-state index contributed by atoms with van der Waals surface area (Å²) in [6.07, 6.45) is 4.05. The third-order valence-corrected chi connectivity index (χ3v) is 6.63. The van der Waals surface area contributed by atoms with E-state index in [1.165, 1.54) is 17.1 Å². The van der Waals surface area contributed by atoms with Gasteiger partial charge in [0, 0.05) is 11.5 Å². The highest BCUT2D eigenvalue weighted by molar-refractivity contribution is 7.99. The predicted molar refractivity (Wildman–Crippen MR) is 82.0 cm³/mol. The van der Waals surface area contributed by atoms with Crippen molar-refractivity contribution in [2.24, 2.45) is 5.92 Å². The van der Waals surface area contributed by atoms with Crippen molar-refractivity contribution >= 4 is 23.1 Å². The first-order valence-corrected chi connectivity index (χ1v) is 9.17. The van der Waals surface area contributed by atoms with E-state index in [0.29, 0.717) is 5.92 Å². The van der Waals surface area contributed by atoms with Gasteiger partial charge < -0.3 is 9.84 Å². The van der Waals surface area contributed by atoms with Crippen molar-refractivity contribution in [3.05, 3.63) is 21.9 Å². The van der Waals surface area contributed by atoms with Crippen molar-refractivity contribution in [1.82, 2.24) is 0 Å². The van der Waals surface area contributed by atoms with Crippen LogP contribution in [0.1, 0.15) is 42.2 Å². The minimum atomic E-state index is -0.296. The van der Waals surface area contributed by atoms with Gasteiger partial charge in [-0.1, -0.05) is 0 Å². The maximum Gasteiger partial charge on any atom is 0.0914 e. The fourth-order valence-corrected chi connectivity index (χ4v) is 5.57. The van der Waals surface area contributed by atoms with Gasteiger partial charge in [0.1, 0.15) is 0 Å². The lowest BCUT2D eigenvalue weighted by molar-refractivity contribution is -0.121. The molecule has 0 amide bonds. The number of aliphatic hydroxyl groups is 1. The quantitative estimate of drug-likeness (QED) is 0.901. The summed E-state index contributed by atoms with van der Waals surface area (Å²) in [6.45, 7) is 2.91. The third-order valence-electron chi connectivity index (χ3n) is 4.55. The Hall–Kier alpha value is -0.0300. The summed E-state index contributed by atoms with van der Waals surface area (Å²) < 4.78 is 6.11. The number of hydrogen-bond acceptors (Lipinski definition) is 4. The standard InChI is InChI=1S/C15H22O2S2/c1-11-3-7-19-14(11)13(16)12-2-6-17-15(10-12)4-8-18-9-5-15/h3,7,12-13,16H,2,4-6,8-10H2,1H3. The molecule has 1 aromatic rings. The fraction of sp³-hybridized carbons (Fsp3) is 0.733. The highest BCUT2D eigenvalue weighted by Gasteiger charge is 2.41. The van der Waals surface area contributed by atoms with E-state index < -0.39 is 0 Å². The van der Waals surface area contributed by atoms with E-state index in [9.17, 15) is 5.11 Å². The van der Waals surface area contributed by atoms with Gasteiger partial charge >= 0.3 is 0 Å². The summed E-state index contributed by atoms with van der Waals surface area (Å²) >= 11 is 3.72. The van der Waals surface area contributed by atoms with Crippen LogP contribution < -0.4 is 0 Å². The van der Waals surface area contributed by atoms with Crippen LogP contribution in [0.4, 0.5) is 0 Å². The van der Waals surface area contributed by atoms with E-state index in [4.69, 9.17) is 4.74 Å². The molecule has 3 heterocycles. The fourth-order valence-electron chi connectivity index (χ4n) is 3.33. The van der Waals surface area contributed by atoms with E-state index in [1.807, 2.05) is 11.8 Å². The highest BCUT2D eigenvalue weighted by Crippen LogP contribution is 2.44. The average molecular weight is 298 g/mol. The van der Waals surface area contributed by atoms with E-state index in [1.54, 1.807) is 11.3 Å². The number of hydrogen-bond donors (Lipinski definition) is 1. The molecule has 2 nitrogen and oxygen atoms in total. The molecule has 1 aromatic heterocycles. The smallest absolute Gasteiger partial charge is 0.0914 e. The molecule has 4 heteroatoms. The first kappa shape index (κ1) is 13.9. The Bertz CT molecular complexity index is 418. The Labute approximate surface area is 123 Å². The van der Waals surface area contributed by atoms with Crippen LogP contribution in [0.25, 0.3) is 0 Å². The van der Waals surface area contributed by atoms with Gasteiger partial charge in [0.2, 0.25) is 0 Å². The van der Waals surface area contributed by atoms with E-state index in [2.05, 4.69) is 18.4 Å². The van der Waals surface area contributed by atoms with Crippen molar-refractivity contribution in [3.8, 4) is 0 Å². The van der Waals surface area contributed by atoms with Gasteiger partial charge in [-0.15, -0.1) is 11.3 Å². The lowest BCUT2D eigenvalue weighted by Crippen LogP contribution is -2.44. The second-order valence-corrected chi connectivity index (χ2v) is 7.98. The number of rotatable bonds is 2. The predicted octanol–water partition coefficient (Wildman–Crippen LogP) is 3.78. The molecule has 19 heavy (non-hydrogen) atoms. The summed E-state index contributed by atoms with van der Waals surface area (Å²) in [5.74, 6) is 2.79. The molecule has 3 rings (SSSR count). The third kappa shape index (κ3) is 2.87. The Morgan fingerprint density at radius 3 is 2.89 bits per heavy atom. The second kappa shape index (κ2) is 5.76. The maximum absolute atomic E-state index is 10.7. The second-order valence-electron chi connectivity index (χ2n) is 5.81. The van der Waals surface area contributed by atoms with E-state index >= 15 is 0 Å². The Kier molecular flexibility index (Phi) is 4.22. The largest absolute Gasteiger partial charge is 0.387 e. The maximum atomic E-state index is 10.7. The Balaban J connectivity index is 1.72. The number of aryl methyl sites for hydroxylation is 1. The molecule has 106 valence electrons. The average Bonchev–Trinajstić information content (AvgIpc) is 2.85. The van der Waals surface area contributed by atoms with Crippen LogP contribution in [0.5, 0.6) is 0 Å². The Morgan fingerprint density at radius 2 is 2.21 bits per heavy atom. The molecule has 2 aliphatic heterocycles. The lowest BCUT2D eigenvalue weighted by atomic mass is 9.79. The lowest BCUT2D eigenvalue weighted by Gasteiger charge is -2.44. The van der Waals surface area contributed by atoms with E-state index in [-0.39, 0.29) is 11.7 Å². The minimum absolute atomic E-state index is 0.0698. The van der Waals surface area contributed by atoms with Crippen molar-refractivity contribution < 1.29 is 9.84 Å². The highest BCUT2D eigenvalue weighted by atomic mass is 32.2. The molecule has 1 spiro atoms.